The minimum Gasteiger partial charge on any atom is -0.310 e. The number of aromatic nitrogens is 2. The Morgan fingerprint density at radius 3 is 2.52 bits per heavy atom. The summed E-state index contributed by atoms with van der Waals surface area (Å²) in [6, 6.07) is 0.389. The number of piperidine rings is 1. The van der Waals surface area contributed by atoms with Gasteiger partial charge in [-0.05, 0) is 72.1 Å². The Hall–Kier alpha value is -0.870. The van der Waals surface area contributed by atoms with Gasteiger partial charge in [-0.2, -0.15) is 5.10 Å². The van der Waals surface area contributed by atoms with Crippen molar-refractivity contribution in [2.45, 2.75) is 53.0 Å². The number of aryl methyl sites for hydroxylation is 2. The topological polar surface area (TPSA) is 33.1 Å². The average molecular weight is 292 g/mol. The van der Waals surface area contributed by atoms with Gasteiger partial charge < -0.3 is 10.2 Å². The van der Waals surface area contributed by atoms with Crippen LogP contribution >= 0.6 is 0 Å². The number of rotatable bonds is 6. The fourth-order valence-electron chi connectivity index (χ4n) is 3.43. The Balaban J connectivity index is 1.71. The molecule has 1 aliphatic heterocycles. The fourth-order valence-corrected chi connectivity index (χ4v) is 3.43. The molecular weight excluding hydrogens is 260 g/mol. The standard InChI is InChI=1S/C17H32N4/c1-13-7-11-21(12-8-13)10-6-9-18-14(2)17-15(3)19-20(5)16(17)4/h13-14,18H,6-12H2,1-5H3. The van der Waals surface area contributed by atoms with E-state index in [9.17, 15) is 0 Å². The van der Waals surface area contributed by atoms with Crippen molar-refractivity contribution < 1.29 is 0 Å². The predicted molar refractivity (Wildman–Crippen MR) is 88.6 cm³/mol. The van der Waals surface area contributed by atoms with E-state index in [0.29, 0.717) is 6.04 Å². The summed E-state index contributed by atoms with van der Waals surface area (Å²) in [7, 11) is 2.02. The minimum absolute atomic E-state index is 0.389. The Morgan fingerprint density at radius 2 is 1.95 bits per heavy atom. The van der Waals surface area contributed by atoms with Crippen molar-refractivity contribution in [3.63, 3.8) is 0 Å². The van der Waals surface area contributed by atoms with E-state index < -0.39 is 0 Å². The third-order valence-electron chi connectivity index (χ3n) is 4.98. The first-order valence-electron chi connectivity index (χ1n) is 8.45. The third-order valence-corrected chi connectivity index (χ3v) is 4.98. The molecule has 2 rings (SSSR count). The van der Waals surface area contributed by atoms with E-state index >= 15 is 0 Å². The van der Waals surface area contributed by atoms with Crippen molar-refractivity contribution in [3.8, 4) is 0 Å². The van der Waals surface area contributed by atoms with E-state index in [-0.39, 0.29) is 0 Å². The maximum atomic E-state index is 4.51. The van der Waals surface area contributed by atoms with Crippen molar-refractivity contribution in [2.24, 2.45) is 13.0 Å². The van der Waals surface area contributed by atoms with Crippen LogP contribution in [-0.2, 0) is 7.05 Å². The maximum Gasteiger partial charge on any atom is 0.0644 e. The molecule has 0 amide bonds. The Labute approximate surface area is 129 Å². The van der Waals surface area contributed by atoms with Gasteiger partial charge in [-0.1, -0.05) is 6.92 Å². The number of hydrogen-bond donors (Lipinski definition) is 1. The van der Waals surface area contributed by atoms with Crippen LogP contribution in [0.3, 0.4) is 0 Å². The van der Waals surface area contributed by atoms with Gasteiger partial charge in [0, 0.05) is 24.3 Å². The minimum atomic E-state index is 0.389. The maximum absolute atomic E-state index is 4.51. The van der Waals surface area contributed by atoms with E-state index in [2.05, 4.69) is 43.0 Å². The van der Waals surface area contributed by atoms with E-state index in [1.54, 1.807) is 0 Å². The molecule has 0 aromatic carbocycles. The largest absolute Gasteiger partial charge is 0.310 e. The summed E-state index contributed by atoms with van der Waals surface area (Å²) in [5, 5.41) is 8.17. The molecular formula is C17H32N4. The van der Waals surface area contributed by atoms with Gasteiger partial charge in [0.2, 0.25) is 0 Å². The Morgan fingerprint density at radius 1 is 1.29 bits per heavy atom. The summed E-state index contributed by atoms with van der Waals surface area (Å²) < 4.78 is 1.98. The zero-order valence-electron chi connectivity index (χ0n) is 14.4. The molecule has 0 saturated carbocycles. The molecule has 120 valence electrons. The van der Waals surface area contributed by atoms with Crippen LogP contribution in [-0.4, -0.2) is 40.9 Å². The lowest BCUT2D eigenvalue weighted by Gasteiger charge is -2.30. The molecule has 1 aliphatic rings. The summed E-state index contributed by atoms with van der Waals surface area (Å²) in [5.74, 6) is 0.927. The van der Waals surface area contributed by atoms with Crippen LogP contribution in [0.25, 0.3) is 0 Å². The van der Waals surface area contributed by atoms with Crippen LogP contribution in [0.15, 0.2) is 0 Å². The molecule has 0 bridgehead atoms. The highest BCUT2D eigenvalue weighted by molar-refractivity contribution is 5.27. The zero-order chi connectivity index (χ0) is 15.4. The van der Waals surface area contributed by atoms with Crippen LogP contribution < -0.4 is 5.32 Å². The molecule has 4 heteroatoms. The normalized spacial score (nSPS) is 19.1. The number of nitrogens with zero attached hydrogens (tertiary/aromatic N) is 3. The fraction of sp³-hybridized carbons (Fsp3) is 0.824. The molecule has 1 atom stereocenters. The highest BCUT2D eigenvalue weighted by atomic mass is 15.3. The van der Waals surface area contributed by atoms with Crippen molar-refractivity contribution in [2.75, 3.05) is 26.2 Å². The summed E-state index contributed by atoms with van der Waals surface area (Å²) >= 11 is 0. The Bertz CT molecular complexity index is 444. The van der Waals surface area contributed by atoms with Gasteiger partial charge in [-0.25, -0.2) is 0 Å². The lowest BCUT2D eigenvalue weighted by molar-refractivity contribution is 0.190. The molecule has 0 aliphatic carbocycles. The van der Waals surface area contributed by atoms with Crippen LogP contribution in [0.5, 0.6) is 0 Å². The second kappa shape index (κ2) is 7.41. The van der Waals surface area contributed by atoms with Gasteiger partial charge in [0.1, 0.15) is 0 Å². The lowest BCUT2D eigenvalue weighted by Crippen LogP contribution is -2.35. The Kier molecular flexibility index (Phi) is 5.82. The average Bonchev–Trinajstić information content (AvgIpc) is 2.70. The van der Waals surface area contributed by atoms with Crippen molar-refractivity contribution in [1.82, 2.24) is 20.0 Å². The molecule has 0 spiro atoms. The van der Waals surface area contributed by atoms with Crippen LogP contribution in [0.2, 0.25) is 0 Å². The first kappa shape index (κ1) is 16.5. The molecule has 1 saturated heterocycles. The first-order chi connectivity index (χ1) is 9.99. The summed E-state index contributed by atoms with van der Waals surface area (Å²) in [6.07, 6.45) is 3.98. The summed E-state index contributed by atoms with van der Waals surface area (Å²) in [5.41, 5.74) is 3.79. The van der Waals surface area contributed by atoms with Gasteiger partial charge >= 0.3 is 0 Å². The van der Waals surface area contributed by atoms with Gasteiger partial charge in [0.05, 0.1) is 5.69 Å². The van der Waals surface area contributed by atoms with Crippen LogP contribution in [0, 0.1) is 19.8 Å². The van der Waals surface area contributed by atoms with Crippen molar-refractivity contribution in [1.29, 1.82) is 0 Å². The lowest BCUT2D eigenvalue weighted by atomic mass is 9.99. The predicted octanol–water partition coefficient (Wildman–Crippen LogP) is 2.81. The van der Waals surface area contributed by atoms with Crippen molar-refractivity contribution >= 4 is 0 Å². The van der Waals surface area contributed by atoms with E-state index in [1.807, 2.05) is 11.7 Å². The third kappa shape index (κ3) is 4.30. The van der Waals surface area contributed by atoms with Gasteiger partial charge in [-0.15, -0.1) is 0 Å². The van der Waals surface area contributed by atoms with Crippen LogP contribution in [0.1, 0.15) is 56.1 Å². The molecule has 21 heavy (non-hydrogen) atoms. The SMILES string of the molecule is Cc1nn(C)c(C)c1C(C)NCCCN1CCC(C)CC1. The molecule has 1 aromatic heterocycles. The molecule has 1 fully saturated rings. The summed E-state index contributed by atoms with van der Waals surface area (Å²) in [4.78, 5) is 2.62. The number of likely N-dealkylation sites (tertiary alicyclic amines) is 1. The van der Waals surface area contributed by atoms with E-state index in [4.69, 9.17) is 0 Å². The highest BCUT2D eigenvalue weighted by Gasteiger charge is 2.17. The number of nitrogens with one attached hydrogen (secondary N) is 1. The van der Waals surface area contributed by atoms with Gasteiger partial charge in [0.15, 0.2) is 0 Å². The number of hydrogen-bond acceptors (Lipinski definition) is 3. The molecule has 1 unspecified atom stereocenters. The van der Waals surface area contributed by atoms with Gasteiger partial charge in [0.25, 0.3) is 0 Å². The second-order valence-electron chi connectivity index (χ2n) is 6.76. The molecule has 0 radical (unpaired) electrons. The second-order valence-corrected chi connectivity index (χ2v) is 6.76. The molecule has 2 heterocycles. The van der Waals surface area contributed by atoms with Crippen LogP contribution in [0.4, 0.5) is 0 Å². The smallest absolute Gasteiger partial charge is 0.0644 e. The highest BCUT2D eigenvalue weighted by Crippen LogP contribution is 2.20. The molecule has 1 aromatic rings. The monoisotopic (exact) mass is 292 g/mol. The quantitative estimate of drug-likeness (QED) is 0.819. The molecule has 1 N–H and O–H groups in total. The van der Waals surface area contributed by atoms with E-state index in [0.717, 1.165) is 18.2 Å². The van der Waals surface area contributed by atoms with Gasteiger partial charge in [-0.3, -0.25) is 4.68 Å². The van der Waals surface area contributed by atoms with E-state index in [1.165, 1.54) is 50.2 Å². The van der Waals surface area contributed by atoms with Crippen molar-refractivity contribution in [3.05, 3.63) is 17.0 Å². The molecule has 4 nitrogen and oxygen atoms in total. The first-order valence-corrected chi connectivity index (χ1v) is 8.45. The summed E-state index contributed by atoms with van der Waals surface area (Å²) in [6.45, 7) is 13.8. The zero-order valence-corrected chi connectivity index (χ0v) is 14.4.